The van der Waals surface area contributed by atoms with E-state index in [-0.39, 0.29) is 24.2 Å². The standard InChI is InChI=1S/C24H24FN3O4/c25-18-7-4-16(5-8-18)24-26-22(32-27-24)10-11-23(29)28-12-1-3-19(28)17-6-9-20-21(15-17)31-14-2-13-30-20/h4-9,15,19H,1-3,10-14H2. The molecule has 3 heterocycles. The topological polar surface area (TPSA) is 77.7 Å². The number of nitrogens with zero attached hydrogens (tertiary/aromatic N) is 3. The molecule has 0 N–H and O–H groups in total. The molecule has 5 rings (SSSR count). The van der Waals surface area contributed by atoms with E-state index in [1.54, 1.807) is 12.1 Å². The van der Waals surface area contributed by atoms with Crippen LogP contribution in [-0.2, 0) is 11.2 Å². The number of rotatable bonds is 5. The molecule has 1 unspecified atom stereocenters. The van der Waals surface area contributed by atoms with Crippen LogP contribution in [0.5, 0.6) is 11.5 Å². The summed E-state index contributed by atoms with van der Waals surface area (Å²) in [6, 6.07) is 11.9. The summed E-state index contributed by atoms with van der Waals surface area (Å²) in [6.45, 7) is 2.01. The van der Waals surface area contributed by atoms with E-state index >= 15 is 0 Å². The zero-order valence-electron chi connectivity index (χ0n) is 17.6. The number of hydrogen-bond donors (Lipinski definition) is 0. The van der Waals surface area contributed by atoms with Crippen molar-refractivity contribution in [3.05, 3.63) is 59.7 Å². The fourth-order valence-corrected chi connectivity index (χ4v) is 4.23. The molecule has 2 aromatic carbocycles. The van der Waals surface area contributed by atoms with Gasteiger partial charge in [-0.25, -0.2) is 4.39 Å². The second kappa shape index (κ2) is 8.98. The lowest BCUT2D eigenvalue weighted by atomic mass is 10.0. The van der Waals surface area contributed by atoms with Crippen molar-refractivity contribution in [2.75, 3.05) is 19.8 Å². The maximum atomic E-state index is 13.1. The minimum Gasteiger partial charge on any atom is -0.490 e. The molecule has 1 atom stereocenters. The first kappa shape index (κ1) is 20.5. The summed E-state index contributed by atoms with van der Waals surface area (Å²) in [6.07, 6.45) is 3.38. The summed E-state index contributed by atoms with van der Waals surface area (Å²) in [5.41, 5.74) is 1.73. The van der Waals surface area contributed by atoms with Crippen LogP contribution in [0.15, 0.2) is 47.0 Å². The van der Waals surface area contributed by atoms with Crippen molar-refractivity contribution >= 4 is 5.91 Å². The lowest BCUT2D eigenvalue weighted by Crippen LogP contribution is -2.30. The second-order valence-corrected chi connectivity index (χ2v) is 8.02. The average molecular weight is 437 g/mol. The molecule has 0 radical (unpaired) electrons. The normalized spacial score (nSPS) is 17.9. The molecule has 8 heteroatoms. The number of aromatic nitrogens is 2. The molecule has 1 amide bonds. The zero-order valence-corrected chi connectivity index (χ0v) is 17.6. The molecule has 1 aromatic heterocycles. The SMILES string of the molecule is O=C(CCc1nc(-c2ccc(F)cc2)no1)N1CCCC1c1ccc2c(c1)OCCCO2. The molecule has 0 bridgehead atoms. The summed E-state index contributed by atoms with van der Waals surface area (Å²) < 4.78 is 29.9. The predicted octanol–water partition coefficient (Wildman–Crippen LogP) is 4.33. The van der Waals surface area contributed by atoms with Crippen LogP contribution in [0, 0.1) is 5.82 Å². The van der Waals surface area contributed by atoms with Gasteiger partial charge < -0.3 is 18.9 Å². The van der Waals surface area contributed by atoms with Gasteiger partial charge in [-0.05, 0) is 54.8 Å². The maximum Gasteiger partial charge on any atom is 0.227 e. The summed E-state index contributed by atoms with van der Waals surface area (Å²) in [7, 11) is 0. The Labute approximate surface area is 185 Å². The molecule has 3 aromatic rings. The number of carbonyl (C=O) groups is 1. The summed E-state index contributed by atoms with van der Waals surface area (Å²) >= 11 is 0. The number of likely N-dealkylation sites (tertiary alicyclic amines) is 1. The number of hydrogen-bond acceptors (Lipinski definition) is 6. The van der Waals surface area contributed by atoms with Gasteiger partial charge in [-0.3, -0.25) is 4.79 Å². The number of carbonyl (C=O) groups excluding carboxylic acids is 1. The van der Waals surface area contributed by atoms with Crippen molar-refractivity contribution in [1.29, 1.82) is 0 Å². The van der Waals surface area contributed by atoms with E-state index in [2.05, 4.69) is 10.1 Å². The van der Waals surface area contributed by atoms with Gasteiger partial charge >= 0.3 is 0 Å². The Bertz CT molecular complexity index is 1100. The monoisotopic (exact) mass is 437 g/mol. The number of amides is 1. The molecule has 2 aliphatic heterocycles. The number of aryl methyl sites for hydroxylation is 1. The van der Waals surface area contributed by atoms with Gasteiger partial charge in [0, 0.05) is 31.4 Å². The fourth-order valence-electron chi connectivity index (χ4n) is 4.23. The van der Waals surface area contributed by atoms with Crippen LogP contribution in [0.1, 0.15) is 43.2 Å². The first-order valence-corrected chi connectivity index (χ1v) is 10.9. The predicted molar refractivity (Wildman–Crippen MR) is 114 cm³/mol. The second-order valence-electron chi connectivity index (χ2n) is 8.02. The third-order valence-electron chi connectivity index (χ3n) is 5.85. The van der Waals surface area contributed by atoms with E-state index in [0.717, 1.165) is 42.9 Å². The van der Waals surface area contributed by atoms with E-state index in [0.29, 0.717) is 36.9 Å². The van der Waals surface area contributed by atoms with Crippen LogP contribution < -0.4 is 9.47 Å². The van der Waals surface area contributed by atoms with Crippen LogP contribution in [-0.4, -0.2) is 40.7 Å². The molecule has 7 nitrogen and oxygen atoms in total. The highest BCUT2D eigenvalue weighted by atomic mass is 19.1. The van der Waals surface area contributed by atoms with Crippen LogP contribution in [0.2, 0.25) is 0 Å². The van der Waals surface area contributed by atoms with Gasteiger partial charge in [-0.1, -0.05) is 11.2 Å². The maximum absolute atomic E-state index is 13.1. The van der Waals surface area contributed by atoms with E-state index in [4.69, 9.17) is 14.0 Å². The highest BCUT2D eigenvalue weighted by Gasteiger charge is 2.30. The summed E-state index contributed by atoms with van der Waals surface area (Å²) in [4.78, 5) is 19.3. The summed E-state index contributed by atoms with van der Waals surface area (Å²) in [5, 5.41) is 3.94. The van der Waals surface area contributed by atoms with Gasteiger partial charge in [0.05, 0.1) is 19.3 Å². The molecule has 0 aliphatic carbocycles. The van der Waals surface area contributed by atoms with Crippen molar-refractivity contribution in [1.82, 2.24) is 15.0 Å². The molecule has 166 valence electrons. The first-order valence-electron chi connectivity index (χ1n) is 10.9. The van der Waals surface area contributed by atoms with E-state index in [9.17, 15) is 9.18 Å². The Kier molecular flexibility index (Phi) is 5.75. The Morgan fingerprint density at radius 3 is 2.72 bits per heavy atom. The molecule has 0 spiro atoms. The Balaban J connectivity index is 1.24. The van der Waals surface area contributed by atoms with Gasteiger partial charge in [-0.2, -0.15) is 4.98 Å². The van der Waals surface area contributed by atoms with Crippen molar-refractivity contribution in [3.63, 3.8) is 0 Å². The summed E-state index contributed by atoms with van der Waals surface area (Å²) in [5.74, 6) is 2.02. The van der Waals surface area contributed by atoms with Gasteiger partial charge in [0.1, 0.15) is 5.82 Å². The third kappa shape index (κ3) is 4.30. The van der Waals surface area contributed by atoms with Gasteiger partial charge in [0.25, 0.3) is 0 Å². The molecule has 32 heavy (non-hydrogen) atoms. The number of benzene rings is 2. The van der Waals surface area contributed by atoms with Crippen LogP contribution >= 0.6 is 0 Å². The quantitative estimate of drug-likeness (QED) is 0.591. The van der Waals surface area contributed by atoms with Gasteiger partial charge in [0.15, 0.2) is 11.5 Å². The minimum absolute atomic E-state index is 0.0251. The van der Waals surface area contributed by atoms with E-state index in [1.807, 2.05) is 23.1 Å². The van der Waals surface area contributed by atoms with Crippen LogP contribution in [0.4, 0.5) is 4.39 Å². The molecule has 2 aliphatic rings. The van der Waals surface area contributed by atoms with Crippen molar-refractivity contribution < 1.29 is 23.2 Å². The largest absolute Gasteiger partial charge is 0.490 e. The number of fused-ring (bicyclic) bond motifs is 1. The smallest absolute Gasteiger partial charge is 0.227 e. The van der Waals surface area contributed by atoms with Gasteiger partial charge in [0.2, 0.25) is 17.6 Å². The van der Waals surface area contributed by atoms with Crippen LogP contribution in [0.3, 0.4) is 0 Å². The minimum atomic E-state index is -0.322. The molecular weight excluding hydrogens is 413 g/mol. The zero-order chi connectivity index (χ0) is 21.9. The number of ether oxygens (including phenoxy) is 2. The molecule has 0 saturated carbocycles. The molecule has 1 fully saturated rings. The number of halogens is 1. The average Bonchev–Trinajstić information content (AvgIpc) is 3.43. The lowest BCUT2D eigenvalue weighted by molar-refractivity contribution is -0.132. The van der Waals surface area contributed by atoms with Gasteiger partial charge in [-0.15, -0.1) is 0 Å². The lowest BCUT2D eigenvalue weighted by Gasteiger charge is -2.25. The van der Waals surface area contributed by atoms with E-state index in [1.165, 1.54) is 12.1 Å². The Hall–Kier alpha value is -3.42. The Morgan fingerprint density at radius 2 is 1.88 bits per heavy atom. The van der Waals surface area contributed by atoms with Crippen LogP contribution in [0.25, 0.3) is 11.4 Å². The first-order chi connectivity index (χ1) is 15.7. The fraction of sp³-hybridized carbons (Fsp3) is 0.375. The third-order valence-corrected chi connectivity index (χ3v) is 5.85. The molecule has 1 saturated heterocycles. The van der Waals surface area contributed by atoms with Crippen molar-refractivity contribution in [3.8, 4) is 22.9 Å². The van der Waals surface area contributed by atoms with Crippen molar-refractivity contribution in [2.24, 2.45) is 0 Å². The van der Waals surface area contributed by atoms with E-state index < -0.39 is 0 Å². The molecular formula is C24H24FN3O4. The highest BCUT2D eigenvalue weighted by molar-refractivity contribution is 5.77. The highest BCUT2D eigenvalue weighted by Crippen LogP contribution is 2.38. The van der Waals surface area contributed by atoms with Crippen molar-refractivity contribution in [2.45, 2.75) is 38.1 Å². The Morgan fingerprint density at radius 1 is 1.06 bits per heavy atom.